The quantitative estimate of drug-likeness (QED) is 0.0437. The van der Waals surface area contributed by atoms with Gasteiger partial charge < -0.3 is 58.8 Å². The Balaban J connectivity index is -0.000000140. The summed E-state index contributed by atoms with van der Waals surface area (Å²) in [5, 5.41) is 10.6. The molecule has 37 heavy (non-hydrogen) atoms. The van der Waals surface area contributed by atoms with Crippen molar-refractivity contribution in [1.82, 2.24) is 0 Å². The van der Waals surface area contributed by atoms with Gasteiger partial charge in [0.25, 0.3) is 0 Å². The number of rotatable bonds is 10. The number of aliphatic hydroxyl groups is 2. The summed E-state index contributed by atoms with van der Waals surface area (Å²) < 4.78 is 52.0. The maximum absolute atomic E-state index is 11.4. The molecule has 0 aliphatic rings. The molecule has 0 atom stereocenters. The summed E-state index contributed by atoms with van der Waals surface area (Å²) in [5.41, 5.74) is 0. The third-order valence-electron chi connectivity index (χ3n) is 3.01. The summed E-state index contributed by atoms with van der Waals surface area (Å²) in [6, 6.07) is 0. The van der Waals surface area contributed by atoms with Crippen molar-refractivity contribution in [2.24, 2.45) is 0 Å². The molecule has 0 bridgehead atoms. The molecule has 0 unspecified atom stereocenters. The molecule has 18 nitrogen and oxygen atoms in total. The van der Waals surface area contributed by atoms with E-state index in [0.717, 1.165) is 0 Å². The average Bonchev–Trinajstić information content (AvgIpc) is 2.45. The van der Waals surface area contributed by atoms with E-state index in [9.17, 15) is 38.1 Å². The summed E-state index contributed by atoms with van der Waals surface area (Å²) in [6.45, 7) is -3.99. The van der Waals surface area contributed by atoms with Gasteiger partial charge in [-0.15, -0.1) is 0 Å². The number of hydrogen-bond acceptors (Lipinski definition) is 10. The average molecular weight is 704 g/mol. The third kappa shape index (κ3) is 21.1. The molecule has 0 aromatic carbocycles. The van der Waals surface area contributed by atoms with E-state index in [1.54, 1.807) is 0 Å². The van der Waals surface area contributed by atoms with Crippen LogP contribution in [0.15, 0.2) is 0 Å². The molecular formula is C7H24Na8O18P4. The molecule has 0 aliphatic carbocycles. The van der Waals surface area contributed by atoms with Crippen molar-refractivity contribution in [3.8, 4) is 0 Å². The van der Waals surface area contributed by atoms with E-state index in [1.165, 1.54) is 0 Å². The van der Waals surface area contributed by atoms with Gasteiger partial charge in [-0.05, 0) is 0 Å². The molecule has 0 radical (unpaired) electrons. The van der Waals surface area contributed by atoms with Crippen molar-refractivity contribution in [2.75, 3.05) is 13.2 Å². The van der Waals surface area contributed by atoms with E-state index >= 15 is 0 Å². The van der Waals surface area contributed by atoms with Crippen LogP contribution in [0.5, 0.6) is 0 Å². The Bertz CT molecular complexity index is 737. The van der Waals surface area contributed by atoms with Gasteiger partial charge in [-0.3, -0.25) is 27.8 Å². The Morgan fingerprint density at radius 1 is 0.486 bits per heavy atom. The molecule has 0 aromatic rings. The number of carbonyl (C=O) groups is 2. The Morgan fingerprint density at radius 3 is 0.784 bits per heavy atom. The van der Waals surface area contributed by atoms with Crippen LogP contribution in [-0.2, 0) is 37.3 Å². The van der Waals surface area contributed by atoms with Crippen LogP contribution in [0.1, 0.15) is 6.42 Å². The monoisotopic (exact) mass is 704 g/mol. The van der Waals surface area contributed by atoms with Gasteiger partial charge in [0.05, 0.1) is 0 Å². The Labute approximate surface area is 387 Å². The molecule has 0 amide bonds. The fourth-order valence-electron chi connectivity index (χ4n) is 1.25. The van der Waals surface area contributed by atoms with Gasteiger partial charge >= 0.3 is 289 Å². The molecule has 0 heterocycles. The molecule has 10 N–H and O–H groups in total. The van der Waals surface area contributed by atoms with Crippen LogP contribution in [0.4, 0.5) is 0 Å². The van der Waals surface area contributed by atoms with Crippen LogP contribution in [0.25, 0.3) is 0 Å². The van der Waals surface area contributed by atoms with E-state index in [-0.39, 0.29) is 236 Å². The second-order valence-corrected chi connectivity index (χ2v) is 13.2. The second-order valence-electron chi connectivity index (χ2n) is 5.22. The predicted molar refractivity (Wildman–Crippen MR) is 142 cm³/mol. The standard InChI is InChI=1S/C7H16O18P4.8Na.8H/c8-4(24-2-6(10,26(12,13)14)27(15,16)17)1-5(9)25-3-7(11,28(18,19)20)29(21,22)23;;;;;;;;;;;;;;;;/h10-11H,1-3H2,(H2,12,13,14)(H2,15,16,17)(H2,18,19,20)(H2,21,22,23);;;;;;;;;;;;;;;;. The van der Waals surface area contributed by atoms with Crippen LogP contribution in [0.2, 0.25) is 0 Å². The Hall–Kier alpha value is 7.46. The van der Waals surface area contributed by atoms with E-state index in [1.807, 2.05) is 0 Å². The first-order valence-electron chi connectivity index (χ1n) is 6.48. The van der Waals surface area contributed by atoms with Crippen LogP contribution in [0.3, 0.4) is 0 Å². The zero-order valence-electron chi connectivity index (χ0n) is 13.6. The Morgan fingerprint density at radius 2 is 0.649 bits per heavy atom. The molecule has 188 valence electrons. The zero-order chi connectivity index (χ0) is 23.7. The fourth-order valence-corrected chi connectivity index (χ4v) is 4.90. The van der Waals surface area contributed by atoms with E-state index in [4.69, 9.17) is 39.1 Å². The van der Waals surface area contributed by atoms with Crippen LogP contribution < -0.4 is 0 Å². The van der Waals surface area contributed by atoms with Crippen molar-refractivity contribution in [1.29, 1.82) is 0 Å². The third-order valence-corrected chi connectivity index (χ3v) is 10.4. The summed E-state index contributed by atoms with van der Waals surface area (Å²) in [5.74, 6) is -3.68. The van der Waals surface area contributed by atoms with Crippen molar-refractivity contribution >= 4 is 279 Å². The SMILES string of the molecule is O=C(CC(=O)OCC(O)(P(=O)(O)O)P(=O)(O)O)OCC(O)(P(=O)(O)O)P(=O)(O)O.[NaH].[NaH].[NaH].[NaH].[NaH].[NaH].[NaH].[NaH]. The van der Waals surface area contributed by atoms with Gasteiger partial charge in [-0.1, -0.05) is 0 Å². The molecular weight excluding hydrogens is 680 g/mol. The minimum atomic E-state index is -5.98. The number of esters is 2. The number of hydrogen-bond donors (Lipinski definition) is 10. The topological polar surface area (TPSA) is 323 Å². The van der Waals surface area contributed by atoms with Gasteiger partial charge in [0.2, 0.25) is 0 Å². The second kappa shape index (κ2) is 26.4. The molecule has 0 fully saturated rings. The van der Waals surface area contributed by atoms with E-state index < -0.39 is 72.1 Å². The van der Waals surface area contributed by atoms with Crippen molar-refractivity contribution in [3.05, 3.63) is 0 Å². The summed E-state index contributed by atoms with van der Waals surface area (Å²) in [4.78, 5) is 93.2. The van der Waals surface area contributed by atoms with Crippen LogP contribution >= 0.6 is 30.4 Å². The van der Waals surface area contributed by atoms with Gasteiger partial charge in [-0.2, -0.15) is 0 Å². The fraction of sp³-hybridized carbons (Fsp3) is 0.714. The Kier molecular flexibility index (Phi) is 47.7. The minimum absolute atomic E-state index is 0. The molecule has 30 heteroatoms. The summed E-state index contributed by atoms with van der Waals surface area (Å²) in [6.07, 6.45) is -1.59. The van der Waals surface area contributed by atoms with Gasteiger partial charge in [0.1, 0.15) is 19.6 Å². The van der Waals surface area contributed by atoms with E-state index in [2.05, 4.69) is 9.47 Å². The van der Waals surface area contributed by atoms with Gasteiger partial charge in [0, 0.05) is 0 Å². The summed E-state index contributed by atoms with van der Waals surface area (Å²) >= 11 is 0. The maximum atomic E-state index is 11.4. The van der Waals surface area contributed by atoms with E-state index in [0.29, 0.717) is 0 Å². The van der Waals surface area contributed by atoms with Gasteiger partial charge in [0.15, 0.2) is 0 Å². The van der Waals surface area contributed by atoms with Crippen LogP contribution in [0, 0.1) is 0 Å². The normalized spacial score (nSPS) is 11.3. The van der Waals surface area contributed by atoms with Gasteiger partial charge in [-0.25, -0.2) is 0 Å². The number of ether oxygens (including phenoxy) is 2. The van der Waals surface area contributed by atoms with Crippen LogP contribution in [-0.4, -0.2) is 321 Å². The molecule has 0 saturated carbocycles. The molecule has 0 aliphatic heterocycles. The predicted octanol–water partition coefficient (Wildman–Crippen LogP) is -8.72. The van der Waals surface area contributed by atoms with Crippen molar-refractivity contribution < 1.29 is 86.7 Å². The zero-order valence-corrected chi connectivity index (χ0v) is 17.2. The van der Waals surface area contributed by atoms with Crippen molar-refractivity contribution in [3.63, 3.8) is 0 Å². The first-order chi connectivity index (χ1) is 12.5. The van der Waals surface area contributed by atoms with Crippen molar-refractivity contribution in [2.45, 2.75) is 16.6 Å². The molecule has 0 rings (SSSR count). The number of carbonyl (C=O) groups excluding carboxylic acids is 2. The molecule has 0 aromatic heterocycles. The first-order valence-corrected chi connectivity index (χ1v) is 12.9. The summed E-state index contributed by atoms with van der Waals surface area (Å²) in [7, 11) is -23.9. The first kappa shape index (κ1) is 66.8. The molecule has 0 spiro atoms. The molecule has 0 saturated heterocycles.